The molecule has 3 aromatic rings. The van der Waals surface area contributed by atoms with Crippen LogP contribution in [0.3, 0.4) is 0 Å². The Morgan fingerprint density at radius 1 is 1.18 bits per heavy atom. The predicted molar refractivity (Wildman–Crippen MR) is 82.4 cm³/mol. The van der Waals surface area contributed by atoms with Gasteiger partial charge in [-0.05, 0) is 29.8 Å². The number of pyridine rings is 1. The van der Waals surface area contributed by atoms with Crippen molar-refractivity contribution in [3.8, 4) is 0 Å². The second kappa shape index (κ2) is 5.77. The van der Waals surface area contributed by atoms with Crippen LogP contribution in [-0.4, -0.2) is 20.4 Å². The Morgan fingerprint density at radius 2 is 1.91 bits per heavy atom. The monoisotopic (exact) mass is 294 g/mol. The van der Waals surface area contributed by atoms with Crippen LogP contribution in [0.4, 0.5) is 0 Å². The minimum Gasteiger partial charge on any atom is -0.345 e. The normalized spacial score (nSPS) is 10.6. The fourth-order valence-electron chi connectivity index (χ4n) is 2.18. The van der Waals surface area contributed by atoms with Crippen LogP contribution in [0.5, 0.6) is 0 Å². The zero-order chi connectivity index (χ0) is 15.5. The van der Waals surface area contributed by atoms with E-state index in [1.165, 1.54) is 4.57 Å². The van der Waals surface area contributed by atoms with E-state index >= 15 is 0 Å². The summed E-state index contributed by atoms with van der Waals surface area (Å²) in [4.78, 5) is 32.8. The van der Waals surface area contributed by atoms with Crippen LogP contribution in [0.25, 0.3) is 10.9 Å². The summed E-state index contributed by atoms with van der Waals surface area (Å²) in [5.74, 6) is -0.292. The van der Waals surface area contributed by atoms with E-state index in [1.54, 1.807) is 43.7 Å². The second-order valence-electron chi connectivity index (χ2n) is 4.85. The molecule has 0 aliphatic carbocycles. The van der Waals surface area contributed by atoms with Gasteiger partial charge in [0.2, 0.25) is 5.82 Å². The molecule has 0 atom stereocenters. The zero-order valence-electron chi connectivity index (χ0n) is 12.0. The number of benzene rings is 1. The third kappa shape index (κ3) is 2.58. The molecule has 22 heavy (non-hydrogen) atoms. The molecule has 0 aliphatic heterocycles. The topological polar surface area (TPSA) is 76.9 Å². The molecule has 0 saturated heterocycles. The van der Waals surface area contributed by atoms with E-state index in [0.717, 1.165) is 5.56 Å². The summed E-state index contributed by atoms with van der Waals surface area (Å²) in [7, 11) is 1.54. The Bertz CT molecular complexity index is 888. The van der Waals surface area contributed by atoms with Gasteiger partial charge >= 0.3 is 0 Å². The third-order valence-corrected chi connectivity index (χ3v) is 3.39. The van der Waals surface area contributed by atoms with Gasteiger partial charge < -0.3 is 5.32 Å². The van der Waals surface area contributed by atoms with Crippen molar-refractivity contribution in [2.24, 2.45) is 7.05 Å². The first-order chi connectivity index (χ1) is 10.7. The first kappa shape index (κ1) is 13.9. The Kier molecular flexibility index (Phi) is 3.65. The molecule has 1 aromatic carbocycles. The van der Waals surface area contributed by atoms with Crippen LogP contribution in [0.2, 0.25) is 0 Å². The van der Waals surface area contributed by atoms with Crippen molar-refractivity contribution in [2.75, 3.05) is 0 Å². The fraction of sp³-hybridized carbons (Fsp3) is 0.125. The number of fused-ring (bicyclic) bond motifs is 1. The van der Waals surface area contributed by atoms with Crippen molar-refractivity contribution in [3.63, 3.8) is 0 Å². The Morgan fingerprint density at radius 3 is 2.68 bits per heavy atom. The summed E-state index contributed by atoms with van der Waals surface area (Å²) in [5, 5.41) is 3.26. The molecule has 0 saturated carbocycles. The molecular formula is C16H14N4O2. The predicted octanol–water partition coefficient (Wildman–Crippen LogP) is 1.26. The average Bonchev–Trinajstić information content (AvgIpc) is 2.57. The van der Waals surface area contributed by atoms with Crippen LogP contribution in [0, 0.1) is 0 Å². The number of nitrogens with zero attached hydrogens (tertiary/aromatic N) is 3. The van der Waals surface area contributed by atoms with E-state index in [9.17, 15) is 9.59 Å². The van der Waals surface area contributed by atoms with E-state index in [1.807, 2.05) is 12.1 Å². The molecule has 0 aliphatic rings. The molecule has 2 aromatic heterocycles. The van der Waals surface area contributed by atoms with Crippen LogP contribution >= 0.6 is 0 Å². The summed E-state index contributed by atoms with van der Waals surface area (Å²) >= 11 is 0. The smallest absolute Gasteiger partial charge is 0.287 e. The molecule has 0 unspecified atom stereocenters. The van der Waals surface area contributed by atoms with E-state index in [-0.39, 0.29) is 17.3 Å². The van der Waals surface area contributed by atoms with Gasteiger partial charge in [-0.15, -0.1) is 0 Å². The van der Waals surface area contributed by atoms with Crippen LogP contribution in [0.1, 0.15) is 16.2 Å². The van der Waals surface area contributed by atoms with Gasteiger partial charge in [0.05, 0.1) is 10.9 Å². The largest absolute Gasteiger partial charge is 0.345 e. The molecule has 6 heteroatoms. The standard InChI is InChI=1S/C16H14N4O2/c1-20-14(15(21)18-10-11-6-8-17-9-7-11)19-13-5-3-2-4-12(13)16(20)22/h2-9H,10H2,1H3,(H,18,21). The molecule has 3 rings (SSSR count). The highest BCUT2D eigenvalue weighted by atomic mass is 16.2. The van der Waals surface area contributed by atoms with Gasteiger partial charge in [0.25, 0.3) is 11.5 Å². The Labute approximate surface area is 126 Å². The van der Waals surface area contributed by atoms with Crippen molar-refractivity contribution in [2.45, 2.75) is 6.54 Å². The highest BCUT2D eigenvalue weighted by Crippen LogP contribution is 2.07. The number of carbonyl (C=O) groups is 1. The molecule has 1 amide bonds. The molecule has 2 heterocycles. The van der Waals surface area contributed by atoms with E-state index in [2.05, 4.69) is 15.3 Å². The second-order valence-corrected chi connectivity index (χ2v) is 4.85. The number of aromatic nitrogens is 3. The van der Waals surface area contributed by atoms with Crippen molar-refractivity contribution in [1.29, 1.82) is 0 Å². The van der Waals surface area contributed by atoms with Crippen molar-refractivity contribution in [3.05, 3.63) is 70.5 Å². The van der Waals surface area contributed by atoms with Gasteiger partial charge in [-0.25, -0.2) is 4.98 Å². The first-order valence-corrected chi connectivity index (χ1v) is 6.79. The summed E-state index contributed by atoms with van der Waals surface area (Å²) in [6.07, 6.45) is 3.32. The SMILES string of the molecule is Cn1c(C(=O)NCc2ccncc2)nc2ccccc2c1=O. The molecule has 110 valence electrons. The summed E-state index contributed by atoms with van der Waals surface area (Å²) in [6, 6.07) is 10.6. The number of nitrogens with one attached hydrogen (secondary N) is 1. The molecule has 0 bridgehead atoms. The number of carbonyl (C=O) groups excluding carboxylic acids is 1. The number of amides is 1. The maximum atomic E-state index is 12.3. The molecular weight excluding hydrogens is 280 g/mol. The molecule has 0 fully saturated rings. The lowest BCUT2D eigenvalue weighted by atomic mass is 10.2. The molecule has 0 radical (unpaired) electrons. The van der Waals surface area contributed by atoms with Crippen LogP contribution in [0.15, 0.2) is 53.6 Å². The van der Waals surface area contributed by atoms with E-state index in [4.69, 9.17) is 0 Å². The van der Waals surface area contributed by atoms with Crippen LogP contribution in [-0.2, 0) is 13.6 Å². The van der Waals surface area contributed by atoms with Gasteiger partial charge in [0, 0.05) is 26.0 Å². The summed E-state index contributed by atoms with van der Waals surface area (Å²) < 4.78 is 1.27. The number of rotatable bonds is 3. The number of para-hydroxylation sites is 1. The summed E-state index contributed by atoms with van der Waals surface area (Å²) in [5.41, 5.74) is 1.20. The summed E-state index contributed by atoms with van der Waals surface area (Å²) in [6.45, 7) is 0.351. The molecule has 1 N–H and O–H groups in total. The van der Waals surface area contributed by atoms with Gasteiger partial charge in [-0.2, -0.15) is 0 Å². The average molecular weight is 294 g/mol. The lowest BCUT2D eigenvalue weighted by Crippen LogP contribution is -2.32. The van der Waals surface area contributed by atoms with E-state index in [0.29, 0.717) is 17.4 Å². The van der Waals surface area contributed by atoms with Crippen molar-refractivity contribution >= 4 is 16.8 Å². The maximum Gasteiger partial charge on any atom is 0.287 e. The third-order valence-electron chi connectivity index (χ3n) is 3.39. The molecule has 6 nitrogen and oxygen atoms in total. The Balaban J connectivity index is 1.91. The number of hydrogen-bond donors (Lipinski definition) is 1. The highest BCUT2D eigenvalue weighted by molar-refractivity contribution is 5.92. The highest BCUT2D eigenvalue weighted by Gasteiger charge is 2.14. The van der Waals surface area contributed by atoms with Gasteiger partial charge in [0.15, 0.2) is 0 Å². The van der Waals surface area contributed by atoms with Gasteiger partial charge in [-0.3, -0.25) is 19.1 Å². The van der Waals surface area contributed by atoms with Crippen LogP contribution < -0.4 is 10.9 Å². The lowest BCUT2D eigenvalue weighted by Gasteiger charge is -2.09. The quantitative estimate of drug-likeness (QED) is 0.789. The molecule has 0 spiro atoms. The maximum absolute atomic E-state index is 12.3. The van der Waals surface area contributed by atoms with E-state index < -0.39 is 0 Å². The lowest BCUT2D eigenvalue weighted by molar-refractivity contribution is 0.0936. The van der Waals surface area contributed by atoms with Gasteiger partial charge in [0.1, 0.15) is 0 Å². The zero-order valence-corrected chi connectivity index (χ0v) is 12.0. The van der Waals surface area contributed by atoms with Crippen molar-refractivity contribution < 1.29 is 4.79 Å². The minimum atomic E-state index is -0.387. The van der Waals surface area contributed by atoms with Gasteiger partial charge in [-0.1, -0.05) is 12.1 Å². The van der Waals surface area contributed by atoms with Crippen molar-refractivity contribution in [1.82, 2.24) is 19.9 Å². The Hall–Kier alpha value is -3.02. The minimum absolute atomic E-state index is 0.0951. The number of hydrogen-bond acceptors (Lipinski definition) is 4. The fourth-order valence-corrected chi connectivity index (χ4v) is 2.18. The first-order valence-electron chi connectivity index (χ1n) is 6.79.